The van der Waals surface area contributed by atoms with E-state index < -0.39 is 6.62 Å². The number of benzene rings is 3. The largest absolute Gasteiger partial charge is 0.210 e. The van der Waals surface area contributed by atoms with Gasteiger partial charge in [0.15, 0.2) is 0 Å². The molecule has 0 fully saturated rings. The molecule has 100 valence electrons. The minimum atomic E-state index is -2.05. The van der Waals surface area contributed by atoms with E-state index >= 15 is 0 Å². The van der Waals surface area contributed by atoms with Crippen molar-refractivity contribution < 1.29 is 1.43 Å². The normalized spacial score (nSPS) is 11.2. The maximum absolute atomic E-state index is 7.23. The lowest BCUT2D eigenvalue weighted by atomic mass is 10.4. The third-order valence-electron chi connectivity index (χ3n) is 3.34. The average molecular weight is 300 g/mol. The van der Waals surface area contributed by atoms with Gasteiger partial charge in [-0.05, 0) is 36.4 Å². The van der Waals surface area contributed by atoms with Crippen LogP contribution in [0.1, 0.15) is 1.43 Å². The zero-order valence-electron chi connectivity index (χ0n) is 11.0. The quantitative estimate of drug-likeness (QED) is 0.630. The van der Waals surface area contributed by atoms with Gasteiger partial charge in [0.25, 0.3) is 0 Å². The first kappa shape index (κ1) is 13.4. The van der Waals surface area contributed by atoms with Gasteiger partial charge in [-0.2, -0.15) is 0 Å². The predicted octanol–water partition coefficient (Wildman–Crippen LogP) is 4.38. The monoisotopic (exact) mass is 299 g/mol. The molecule has 20 heavy (non-hydrogen) atoms. The number of halogens is 1. The minimum absolute atomic E-state index is 0. The third-order valence-corrected chi connectivity index (χ3v) is 8.12. The zero-order valence-corrected chi connectivity index (χ0v) is 12.6. The molecule has 0 aliphatic carbocycles. The molecule has 0 aliphatic heterocycles. The highest BCUT2D eigenvalue weighted by atomic mass is 35.7. The molecule has 3 rings (SSSR count). The second-order valence-corrected chi connectivity index (χ2v) is 8.84. The van der Waals surface area contributed by atoms with Crippen molar-refractivity contribution in [3.63, 3.8) is 0 Å². The molecule has 0 N–H and O–H groups in total. The molecule has 0 spiro atoms. The van der Waals surface area contributed by atoms with Gasteiger partial charge < -0.3 is 0 Å². The Hall–Kier alpha value is -1.62. The van der Waals surface area contributed by atoms with Crippen LogP contribution in [-0.2, 0) is 0 Å². The first-order valence-corrected chi connectivity index (χ1v) is 9.27. The summed E-state index contributed by atoms with van der Waals surface area (Å²) < 4.78 is 0. The summed E-state index contributed by atoms with van der Waals surface area (Å²) in [6.07, 6.45) is 0. The van der Waals surface area contributed by atoms with Crippen LogP contribution in [0.3, 0.4) is 0 Å². The molecule has 3 aromatic rings. The minimum Gasteiger partial charge on any atom is -0.0620 e. The smallest absolute Gasteiger partial charge is 0.0620 e. The van der Waals surface area contributed by atoms with Crippen molar-refractivity contribution in [2.75, 3.05) is 0 Å². The Balaban J connectivity index is 0.00000161. The SMILES string of the molecule is Cl[P+](c1ccccc1)(c1ccccc1)c1ccccc1.[HH]. The Labute approximate surface area is 126 Å². The summed E-state index contributed by atoms with van der Waals surface area (Å²) in [4.78, 5) is 0. The number of hydrogen-bond acceptors (Lipinski definition) is 0. The van der Waals surface area contributed by atoms with Gasteiger partial charge in [-0.1, -0.05) is 54.6 Å². The van der Waals surface area contributed by atoms with Gasteiger partial charge in [-0.15, -0.1) is 0 Å². The summed E-state index contributed by atoms with van der Waals surface area (Å²) in [6, 6.07) is 31.2. The van der Waals surface area contributed by atoms with Crippen molar-refractivity contribution in [2.24, 2.45) is 0 Å². The Morgan fingerprint density at radius 2 is 0.750 bits per heavy atom. The summed E-state index contributed by atoms with van der Waals surface area (Å²) >= 11 is 7.23. The van der Waals surface area contributed by atoms with Crippen LogP contribution >= 0.6 is 17.9 Å². The van der Waals surface area contributed by atoms with Gasteiger partial charge in [-0.3, -0.25) is 0 Å². The van der Waals surface area contributed by atoms with E-state index in [2.05, 4.69) is 72.8 Å². The molecule has 0 unspecified atom stereocenters. The summed E-state index contributed by atoms with van der Waals surface area (Å²) in [6.45, 7) is -2.05. The molecular formula is C18H17ClP+. The third kappa shape index (κ3) is 2.38. The lowest BCUT2D eigenvalue weighted by molar-refractivity contribution is 1.73. The maximum Gasteiger partial charge on any atom is 0.210 e. The first-order valence-electron chi connectivity index (χ1n) is 6.57. The summed E-state index contributed by atoms with van der Waals surface area (Å²) in [5.41, 5.74) is 0. The highest BCUT2D eigenvalue weighted by Gasteiger charge is 2.44. The van der Waals surface area contributed by atoms with Crippen LogP contribution in [0.4, 0.5) is 0 Å². The Morgan fingerprint density at radius 1 is 0.500 bits per heavy atom. The van der Waals surface area contributed by atoms with Gasteiger partial charge in [0.05, 0.1) is 0 Å². The fourth-order valence-electron chi connectivity index (χ4n) is 2.35. The van der Waals surface area contributed by atoms with Crippen LogP contribution in [0, 0.1) is 0 Å². The number of rotatable bonds is 3. The van der Waals surface area contributed by atoms with Crippen molar-refractivity contribution in [3.05, 3.63) is 91.0 Å². The van der Waals surface area contributed by atoms with Crippen LogP contribution < -0.4 is 15.9 Å². The van der Waals surface area contributed by atoms with Crippen molar-refractivity contribution in [3.8, 4) is 0 Å². The topological polar surface area (TPSA) is 0 Å². The van der Waals surface area contributed by atoms with E-state index in [9.17, 15) is 0 Å². The van der Waals surface area contributed by atoms with Gasteiger partial charge in [0, 0.05) is 1.43 Å². The van der Waals surface area contributed by atoms with E-state index in [4.69, 9.17) is 11.2 Å². The van der Waals surface area contributed by atoms with E-state index in [1.165, 1.54) is 15.9 Å². The molecule has 0 bridgehead atoms. The fourth-order valence-corrected chi connectivity index (χ4v) is 6.00. The standard InChI is InChI=1S/C18H15ClP.H2/c19-20(16-10-4-1-5-11-16,17-12-6-2-7-13-17)18-14-8-3-9-15-18;/h1-15H;1H/q+1;. The summed E-state index contributed by atoms with van der Waals surface area (Å²) in [5.74, 6) is 0. The van der Waals surface area contributed by atoms with Gasteiger partial charge >= 0.3 is 0 Å². The Kier molecular flexibility index (Phi) is 3.87. The van der Waals surface area contributed by atoms with E-state index in [1.807, 2.05) is 18.2 Å². The van der Waals surface area contributed by atoms with Crippen molar-refractivity contribution in [2.45, 2.75) is 0 Å². The number of hydrogen-bond donors (Lipinski definition) is 0. The molecule has 0 aliphatic rings. The lowest BCUT2D eigenvalue weighted by Gasteiger charge is -2.18. The van der Waals surface area contributed by atoms with Crippen molar-refractivity contribution in [1.82, 2.24) is 0 Å². The molecule has 0 saturated heterocycles. The molecule has 0 amide bonds. The van der Waals surface area contributed by atoms with Gasteiger partial charge in [0.1, 0.15) is 27.2 Å². The summed E-state index contributed by atoms with van der Waals surface area (Å²) in [5, 5.41) is 3.58. The van der Waals surface area contributed by atoms with E-state index in [-0.39, 0.29) is 1.43 Å². The second kappa shape index (κ2) is 5.79. The van der Waals surface area contributed by atoms with Gasteiger partial charge in [-0.25, -0.2) is 0 Å². The van der Waals surface area contributed by atoms with Crippen LogP contribution in [0.25, 0.3) is 0 Å². The molecule has 0 saturated carbocycles. The van der Waals surface area contributed by atoms with E-state index in [1.54, 1.807) is 0 Å². The fraction of sp³-hybridized carbons (Fsp3) is 0. The van der Waals surface area contributed by atoms with E-state index in [0.29, 0.717) is 0 Å². The first-order chi connectivity index (χ1) is 9.82. The molecule has 3 aromatic carbocycles. The molecule has 0 nitrogen and oxygen atoms in total. The Morgan fingerprint density at radius 3 is 1.00 bits per heavy atom. The van der Waals surface area contributed by atoms with Crippen LogP contribution in [0.15, 0.2) is 91.0 Å². The van der Waals surface area contributed by atoms with Crippen LogP contribution in [-0.4, -0.2) is 0 Å². The predicted molar refractivity (Wildman–Crippen MR) is 93.1 cm³/mol. The van der Waals surface area contributed by atoms with Crippen LogP contribution in [0.5, 0.6) is 0 Å². The molecule has 0 heterocycles. The molecule has 0 aromatic heterocycles. The Bertz CT molecular complexity index is 575. The molecule has 2 heteroatoms. The van der Waals surface area contributed by atoms with E-state index in [0.717, 1.165) is 0 Å². The zero-order chi connectivity index (χ0) is 13.8. The lowest BCUT2D eigenvalue weighted by Crippen LogP contribution is -2.26. The molecule has 0 radical (unpaired) electrons. The molecule has 0 atom stereocenters. The van der Waals surface area contributed by atoms with Crippen molar-refractivity contribution in [1.29, 1.82) is 0 Å². The maximum atomic E-state index is 7.23. The van der Waals surface area contributed by atoms with Crippen LogP contribution in [0.2, 0.25) is 0 Å². The highest BCUT2D eigenvalue weighted by molar-refractivity contribution is 8.14. The molecular weight excluding hydrogens is 283 g/mol. The average Bonchev–Trinajstić information content (AvgIpc) is 2.56. The highest BCUT2D eigenvalue weighted by Crippen LogP contribution is 2.60. The van der Waals surface area contributed by atoms with Gasteiger partial charge in [0.2, 0.25) is 6.62 Å². The van der Waals surface area contributed by atoms with Crippen molar-refractivity contribution >= 4 is 33.8 Å². The second-order valence-electron chi connectivity index (χ2n) is 4.60. The summed E-state index contributed by atoms with van der Waals surface area (Å²) in [7, 11) is 0.